The molecule has 1 unspecified atom stereocenters. The van der Waals surface area contributed by atoms with Gasteiger partial charge in [-0.25, -0.2) is 0 Å². The van der Waals surface area contributed by atoms with E-state index >= 15 is 0 Å². The number of ketones is 1. The highest BCUT2D eigenvalue weighted by Crippen LogP contribution is 2.25. The van der Waals surface area contributed by atoms with Gasteiger partial charge in [0.05, 0.1) is 28.4 Å². The zero-order valence-electron chi connectivity index (χ0n) is 12.7. The molecule has 1 aromatic rings. The molecule has 1 heterocycles. The van der Waals surface area contributed by atoms with E-state index < -0.39 is 5.54 Å². The van der Waals surface area contributed by atoms with Crippen LogP contribution in [0.5, 0.6) is 0 Å². The van der Waals surface area contributed by atoms with E-state index in [4.69, 9.17) is 11.6 Å². The number of aryl methyl sites for hydroxylation is 2. The molecule has 0 amide bonds. The summed E-state index contributed by atoms with van der Waals surface area (Å²) in [5.74, 6) is 0.174. The van der Waals surface area contributed by atoms with Gasteiger partial charge in [-0.3, -0.25) is 14.4 Å². The number of rotatable bonds is 6. The van der Waals surface area contributed by atoms with E-state index in [0.717, 1.165) is 24.2 Å². The van der Waals surface area contributed by atoms with E-state index in [1.165, 1.54) is 0 Å². The molecule has 0 saturated carbocycles. The minimum atomic E-state index is -0.458. The number of carbonyl (C=O) groups is 1. The summed E-state index contributed by atoms with van der Waals surface area (Å²) in [6.45, 7) is 6.01. The van der Waals surface area contributed by atoms with Crippen molar-refractivity contribution in [2.24, 2.45) is 7.05 Å². The van der Waals surface area contributed by atoms with Crippen LogP contribution >= 0.6 is 11.6 Å². The minimum Gasteiger partial charge on any atom is -0.297 e. The van der Waals surface area contributed by atoms with Gasteiger partial charge >= 0.3 is 0 Å². The summed E-state index contributed by atoms with van der Waals surface area (Å²) in [6, 6.07) is 0. The summed E-state index contributed by atoms with van der Waals surface area (Å²) < 4.78 is 1.73. The second kappa shape index (κ2) is 6.06. The van der Waals surface area contributed by atoms with E-state index in [1.807, 2.05) is 46.8 Å². The van der Waals surface area contributed by atoms with E-state index in [1.54, 1.807) is 4.68 Å². The molecular formula is C14H24ClN3O. The maximum Gasteiger partial charge on any atom is 0.158 e. The zero-order valence-corrected chi connectivity index (χ0v) is 13.5. The van der Waals surface area contributed by atoms with Gasteiger partial charge in [-0.15, -0.1) is 0 Å². The average Bonchev–Trinajstić information content (AvgIpc) is 2.64. The summed E-state index contributed by atoms with van der Waals surface area (Å²) >= 11 is 6.30. The lowest BCUT2D eigenvalue weighted by Gasteiger charge is -2.34. The van der Waals surface area contributed by atoms with Crippen LogP contribution in [0, 0.1) is 0 Å². The Morgan fingerprint density at radius 2 is 2.00 bits per heavy atom. The SMILES string of the molecule is CCc1nn(C)c(CC(=O)C(C)(CC)N(C)C)c1Cl. The van der Waals surface area contributed by atoms with Crippen LogP contribution in [0.25, 0.3) is 0 Å². The van der Waals surface area contributed by atoms with Crippen molar-refractivity contribution < 1.29 is 4.79 Å². The molecule has 1 rings (SSSR count). The Kier molecular flexibility index (Phi) is 5.16. The molecule has 19 heavy (non-hydrogen) atoms. The van der Waals surface area contributed by atoms with Crippen molar-refractivity contribution in [2.45, 2.75) is 45.6 Å². The normalized spacial score (nSPS) is 14.7. The number of hydrogen-bond acceptors (Lipinski definition) is 3. The molecule has 4 nitrogen and oxygen atoms in total. The third-order valence-electron chi connectivity index (χ3n) is 4.11. The Balaban J connectivity index is 3.03. The van der Waals surface area contributed by atoms with Crippen LogP contribution in [0.2, 0.25) is 5.02 Å². The van der Waals surface area contributed by atoms with Crippen molar-refractivity contribution in [3.63, 3.8) is 0 Å². The van der Waals surface area contributed by atoms with Crippen LogP contribution in [0.1, 0.15) is 38.6 Å². The second-order valence-corrected chi connectivity index (χ2v) is 5.68. The Bertz CT molecular complexity index is 468. The van der Waals surface area contributed by atoms with Crippen molar-refractivity contribution in [1.29, 1.82) is 0 Å². The van der Waals surface area contributed by atoms with Gasteiger partial charge in [-0.05, 0) is 33.9 Å². The van der Waals surface area contributed by atoms with Gasteiger partial charge in [0.25, 0.3) is 0 Å². The molecule has 0 radical (unpaired) electrons. The van der Waals surface area contributed by atoms with Crippen LogP contribution in [0.4, 0.5) is 0 Å². The molecule has 108 valence electrons. The number of carbonyl (C=O) groups excluding carboxylic acids is 1. The fraction of sp³-hybridized carbons (Fsp3) is 0.714. The third kappa shape index (κ3) is 3.00. The highest BCUT2D eigenvalue weighted by Gasteiger charge is 2.34. The molecule has 0 aliphatic rings. The van der Waals surface area contributed by atoms with Crippen LogP contribution in [-0.4, -0.2) is 40.1 Å². The number of Topliss-reactive ketones (excluding diaryl/α,β-unsaturated/α-hetero) is 1. The van der Waals surface area contributed by atoms with E-state index in [0.29, 0.717) is 11.4 Å². The van der Waals surface area contributed by atoms with E-state index in [2.05, 4.69) is 5.10 Å². The molecule has 0 bridgehead atoms. The molecule has 0 saturated heterocycles. The zero-order chi connectivity index (χ0) is 14.8. The first-order chi connectivity index (χ1) is 8.77. The Labute approximate surface area is 120 Å². The first-order valence-electron chi connectivity index (χ1n) is 6.68. The lowest BCUT2D eigenvalue weighted by atomic mass is 9.89. The first-order valence-corrected chi connectivity index (χ1v) is 7.06. The number of likely N-dealkylation sites (N-methyl/N-ethyl adjacent to an activating group) is 1. The maximum atomic E-state index is 12.6. The molecule has 0 aromatic carbocycles. The van der Waals surface area contributed by atoms with E-state index in [9.17, 15) is 4.79 Å². The van der Waals surface area contributed by atoms with Crippen molar-refractivity contribution in [3.8, 4) is 0 Å². The smallest absolute Gasteiger partial charge is 0.158 e. The molecule has 0 fully saturated rings. The van der Waals surface area contributed by atoms with Crippen LogP contribution in [0.15, 0.2) is 0 Å². The fourth-order valence-electron chi connectivity index (χ4n) is 2.12. The van der Waals surface area contributed by atoms with Crippen LogP contribution in [-0.2, 0) is 24.7 Å². The van der Waals surface area contributed by atoms with Crippen molar-refractivity contribution in [1.82, 2.24) is 14.7 Å². The summed E-state index contributed by atoms with van der Waals surface area (Å²) in [5.41, 5.74) is 1.21. The topological polar surface area (TPSA) is 38.1 Å². The van der Waals surface area contributed by atoms with Crippen molar-refractivity contribution in [2.75, 3.05) is 14.1 Å². The van der Waals surface area contributed by atoms with Gasteiger partial charge in [0.2, 0.25) is 0 Å². The van der Waals surface area contributed by atoms with Gasteiger partial charge in [0, 0.05) is 7.05 Å². The third-order valence-corrected chi connectivity index (χ3v) is 4.54. The minimum absolute atomic E-state index is 0.174. The number of hydrogen-bond donors (Lipinski definition) is 0. The molecular weight excluding hydrogens is 262 g/mol. The predicted octanol–water partition coefficient (Wildman–Crippen LogP) is 2.48. The molecule has 0 N–H and O–H groups in total. The van der Waals surface area contributed by atoms with Crippen LogP contribution in [0.3, 0.4) is 0 Å². The quantitative estimate of drug-likeness (QED) is 0.806. The van der Waals surface area contributed by atoms with Gasteiger partial charge in [-0.2, -0.15) is 5.10 Å². The van der Waals surface area contributed by atoms with Gasteiger partial charge in [0.15, 0.2) is 5.78 Å². The number of aromatic nitrogens is 2. The summed E-state index contributed by atoms with van der Waals surface area (Å²) in [5, 5.41) is 4.99. The summed E-state index contributed by atoms with van der Waals surface area (Å²) in [6.07, 6.45) is 1.87. The molecule has 5 heteroatoms. The number of nitrogens with zero attached hydrogens (tertiary/aromatic N) is 3. The lowest BCUT2D eigenvalue weighted by Crippen LogP contribution is -2.48. The van der Waals surface area contributed by atoms with Gasteiger partial charge in [-0.1, -0.05) is 25.4 Å². The maximum absolute atomic E-state index is 12.6. The Morgan fingerprint density at radius 3 is 2.37 bits per heavy atom. The molecule has 0 spiro atoms. The predicted molar refractivity (Wildman–Crippen MR) is 78.7 cm³/mol. The first kappa shape index (κ1) is 16.2. The molecule has 1 atom stereocenters. The van der Waals surface area contributed by atoms with E-state index in [-0.39, 0.29) is 5.78 Å². The fourth-order valence-corrected chi connectivity index (χ4v) is 2.48. The van der Waals surface area contributed by atoms with Crippen molar-refractivity contribution >= 4 is 17.4 Å². The highest BCUT2D eigenvalue weighted by molar-refractivity contribution is 6.32. The van der Waals surface area contributed by atoms with Crippen LogP contribution < -0.4 is 0 Å². The molecule has 1 aromatic heterocycles. The Hall–Kier alpha value is -0.870. The largest absolute Gasteiger partial charge is 0.297 e. The Morgan fingerprint density at radius 1 is 1.42 bits per heavy atom. The highest BCUT2D eigenvalue weighted by atomic mass is 35.5. The summed E-state index contributed by atoms with van der Waals surface area (Å²) in [7, 11) is 5.71. The summed E-state index contributed by atoms with van der Waals surface area (Å²) in [4.78, 5) is 14.5. The lowest BCUT2D eigenvalue weighted by molar-refractivity contribution is -0.128. The second-order valence-electron chi connectivity index (χ2n) is 5.31. The molecule has 0 aliphatic carbocycles. The van der Waals surface area contributed by atoms with Gasteiger partial charge in [0.1, 0.15) is 0 Å². The molecule has 0 aliphatic heterocycles. The standard InChI is InChI=1S/C14H24ClN3O/c1-7-10-13(15)11(18(6)16-10)9-12(19)14(3,8-2)17(4)5/h7-9H2,1-6H3. The average molecular weight is 286 g/mol. The van der Waals surface area contributed by atoms with Crippen molar-refractivity contribution in [3.05, 3.63) is 16.4 Å². The van der Waals surface area contributed by atoms with Gasteiger partial charge < -0.3 is 0 Å². The number of halogens is 1. The monoisotopic (exact) mass is 285 g/mol.